The molecule has 1 aromatic carbocycles. The largest absolute Gasteiger partial charge is 0.415 e. The Bertz CT molecular complexity index is 713. The number of nitrogens with zero attached hydrogens (tertiary/aromatic N) is 3. The Labute approximate surface area is 157 Å². The quantitative estimate of drug-likeness (QED) is 0.808. The molecule has 6 nitrogen and oxygen atoms in total. The number of carbonyl (C=O) groups is 2. The van der Waals surface area contributed by atoms with Crippen molar-refractivity contribution in [1.82, 2.24) is 14.7 Å². The second kappa shape index (κ2) is 8.82. The maximum absolute atomic E-state index is 12.4. The molecule has 1 saturated heterocycles. The number of rotatable bonds is 5. The highest BCUT2D eigenvalue weighted by Crippen LogP contribution is 2.12. The van der Waals surface area contributed by atoms with Crippen LogP contribution in [0, 0.1) is 0 Å². The van der Waals surface area contributed by atoms with Crippen LogP contribution in [0.25, 0.3) is 0 Å². The fraction of sp³-hybridized carbons (Fsp3) is 0.368. The highest BCUT2D eigenvalue weighted by Gasteiger charge is 2.24. The maximum Gasteiger partial charge on any atom is 0.415 e. The van der Waals surface area contributed by atoms with Crippen molar-refractivity contribution in [3.05, 3.63) is 52.7 Å². The Morgan fingerprint density at radius 2 is 1.85 bits per heavy atom. The van der Waals surface area contributed by atoms with E-state index in [1.165, 1.54) is 0 Å². The number of piperazine rings is 1. The standard InChI is InChI=1S/C19H23N3O3S/c1-20(13-16-7-12-26-15-16)18(23)14-21-8-10-22(11-9-21)19(24)25-17-5-3-2-4-6-17/h2-7,12,15H,8-11,13-14H2,1H3. The van der Waals surface area contributed by atoms with Gasteiger partial charge in [0.05, 0.1) is 6.54 Å². The molecule has 2 amide bonds. The van der Waals surface area contributed by atoms with Crippen molar-refractivity contribution in [1.29, 1.82) is 0 Å². The zero-order chi connectivity index (χ0) is 18.4. The average Bonchev–Trinajstić information content (AvgIpc) is 3.16. The van der Waals surface area contributed by atoms with Gasteiger partial charge < -0.3 is 14.5 Å². The predicted octanol–water partition coefficient (Wildman–Crippen LogP) is 2.52. The molecule has 0 spiro atoms. The highest BCUT2D eigenvalue weighted by molar-refractivity contribution is 7.07. The molecule has 0 radical (unpaired) electrons. The first-order valence-corrected chi connectivity index (χ1v) is 9.55. The van der Waals surface area contributed by atoms with Crippen molar-refractivity contribution in [2.45, 2.75) is 6.54 Å². The number of amides is 2. The third-order valence-electron chi connectivity index (χ3n) is 4.36. The monoisotopic (exact) mass is 373 g/mol. The van der Waals surface area contributed by atoms with E-state index < -0.39 is 0 Å². The molecule has 1 aliphatic heterocycles. The number of hydrogen-bond acceptors (Lipinski definition) is 5. The lowest BCUT2D eigenvalue weighted by Crippen LogP contribution is -2.51. The Morgan fingerprint density at radius 1 is 1.12 bits per heavy atom. The maximum atomic E-state index is 12.4. The third-order valence-corrected chi connectivity index (χ3v) is 5.10. The third kappa shape index (κ3) is 5.06. The van der Waals surface area contributed by atoms with Crippen LogP contribution in [-0.2, 0) is 11.3 Å². The van der Waals surface area contributed by atoms with Crippen LogP contribution in [0.4, 0.5) is 4.79 Å². The number of hydrogen-bond donors (Lipinski definition) is 0. The molecule has 0 saturated carbocycles. The van der Waals surface area contributed by atoms with Crippen LogP contribution in [0.1, 0.15) is 5.56 Å². The number of likely N-dealkylation sites (N-methyl/N-ethyl adjacent to an activating group) is 1. The van der Waals surface area contributed by atoms with Crippen LogP contribution in [0.5, 0.6) is 5.75 Å². The lowest BCUT2D eigenvalue weighted by molar-refractivity contribution is -0.132. The summed E-state index contributed by atoms with van der Waals surface area (Å²) in [4.78, 5) is 30.1. The van der Waals surface area contributed by atoms with Crippen LogP contribution in [-0.4, -0.2) is 66.5 Å². The summed E-state index contributed by atoms with van der Waals surface area (Å²) in [5.74, 6) is 0.640. The molecule has 7 heteroatoms. The van der Waals surface area contributed by atoms with E-state index in [1.807, 2.05) is 36.7 Å². The Morgan fingerprint density at radius 3 is 2.50 bits per heavy atom. The summed E-state index contributed by atoms with van der Waals surface area (Å²) in [7, 11) is 1.83. The lowest BCUT2D eigenvalue weighted by Gasteiger charge is -2.34. The smallest absolute Gasteiger partial charge is 0.410 e. The summed E-state index contributed by atoms with van der Waals surface area (Å²) >= 11 is 1.63. The normalized spacial score (nSPS) is 14.9. The Kier molecular flexibility index (Phi) is 6.25. The lowest BCUT2D eigenvalue weighted by atomic mass is 10.3. The molecule has 1 aromatic heterocycles. The number of benzene rings is 1. The van der Waals surface area contributed by atoms with Gasteiger partial charge in [-0.1, -0.05) is 18.2 Å². The number of ether oxygens (including phenoxy) is 1. The van der Waals surface area contributed by atoms with Crippen molar-refractivity contribution in [3.8, 4) is 5.75 Å². The molecule has 0 bridgehead atoms. The predicted molar refractivity (Wildman–Crippen MR) is 101 cm³/mol. The zero-order valence-corrected chi connectivity index (χ0v) is 15.7. The second-order valence-electron chi connectivity index (χ2n) is 6.33. The summed E-state index contributed by atoms with van der Waals surface area (Å²) in [6.45, 7) is 3.47. The second-order valence-corrected chi connectivity index (χ2v) is 7.11. The Balaban J connectivity index is 1.41. The summed E-state index contributed by atoms with van der Waals surface area (Å²) in [6, 6.07) is 11.1. The van der Waals surface area contributed by atoms with Gasteiger partial charge in [-0.05, 0) is 34.5 Å². The molecule has 26 heavy (non-hydrogen) atoms. The number of thiophene rings is 1. The zero-order valence-electron chi connectivity index (χ0n) is 14.8. The van der Waals surface area contributed by atoms with E-state index in [0.29, 0.717) is 45.0 Å². The van der Waals surface area contributed by atoms with Crippen molar-refractivity contribution in [3.63, 3.8) is 0 Å². The van der Waals surface area contributed by atoms with Crippen molar-refractivity contribution >= 4 is 23.3 Å². The minimum Gasteiger partial charge on any atom is -0.410 e. The number of carbonyl (C=O) groups excluding carboxylic acids is 2. The van der Waals surface area contributed by atoms with Gasteiger partial charge >= 0.3 is 6.09 Å². The van der Waals surface area contributed by atoms with Crippen LogP contribution < -0.4 is 4.74 Å². The molecule has 138 valence electrons. The van der Waals surface area contributed by atoms with Gasteiger partial charge in [0.15, 0.2) is 0 Å². The van der Waals surface area contributed by atoms with Gasteiger partial charge in [-0.15, -0.1) is 0 Å². The first-order valence-electron chi connectivity index (χ1n) is 8.61. The summed E-state index contributed by atoms with van der Waals surface area (Å²) in [5.41, 5.74) is 1.15. The molecule has 3 rings (SSSR count). The first kappa shape index (κ1) is 18.4. The molecule has 0 N–H and O–H groups in total. The van der Waals surface area contributed by atoms with Gasteiger partial charge in [-0.3, -0.25) is 9.69 Å². The van der Waals surface area contributed by atoms with E-state index in [2.05, 4.69) is 10.3 Å². The molecule has 0 unspecified atom stereocenters. The molecule has 2 aromatic rings. The van der Waals surface area contributed by atoms with Crippen molar-refractivity contribution < 1.29 is 14.3 Å². The number of para-hydroxylation sites is 1. The Hall–Kier alpha value is -2.38. The SMILES string of the molecule is CN(Cc1ccsc1)C(=O)CN1CCN(C(=O)Oc2ccccc2)CC1. The molecule has 0 aliphatic carbocycles. The summed E-state index contributed by atoms with van der Waals surface area (Å²) < 4.78 is 5.36. The molecule has 1 aliphatic rings. The minimum absolute atomic E-state index is 0.0940. The topological polar surface area (TPSA) is 53.1 Å². The summed E-state index contributed by atoms with van der Waals surface area (Å²) in [6.07, 6.45) is -0.336. The average molecular weight is 373 g/mol. The van der Waals surface area contributed by atoms with Crippen molar-refractivity contribution in [2.24, 2.45) is 0 Å². The molecule has 2 heterocycles. The van der Waals surface area contributed by atoms with Crippen LogP contribution in [0.3, 0.4) is 0 Å². The van der Waals surface area contributed by atoms with E-state index in [-0.39, 0.29) is 12.0 Å². The molecule has 0 atom stereocenters. The fourth-order valence-corrected chi connectivity index (χ4v) is 3.46. The van der Waals surface area contributed by atoms with Gasteiger partial charge in [-0.25, -0.2) is 4.79 Å². The van der Waals surface area contributed by atoms with Gasteiger partial charge in [0.1, 0.15) is 5.75 Å². The molecule has 1 fully saturated rings. The van der Waals surface area contributed by atoms with Gasteiger partial charge in [0.25, 0.3) is 0 Å². The molecular formula is C19H23N3O3S. The minimum atomic E-state index is -0.336. The highest BCUT2D eigenvalue weighted by atomic mass is 32.1. The van der Waals surface area contributed by atoms with Gasteiger partial charge in [0, 0.05) is 39.8 Å². The van der Waals surface area contributed by atoms with E-state index in [1.54, 1.807) is 33.3 Å². The van der Waals surface area contributed by atoms with Crippen molar-refractivity contribution in [2.75, 3.05) is 39.8 Å². The van der Waals surface area contributed by atoms with E-state index >= 15 is 0 Å². The van der Waals surface area contributed by atoms with Gasteiger partial charge in [0.2, 0.25) is 5.91 Å². The van der Waals surface area contributed by atoms with E-state index in [0.717, 1.165) is 5.56 Å². The van der Waals surface area contributed by atoms with Crippen LogP contribution in [0.2, 0.25) is 0 Å². The van der Waals surface area contributed by atoms with E-state index in [9.17, 15) is 9.59 Å². The van der Waals surface area contributed by atoms with E-state index in [4.69, 9.17) is 4.74 Å². The van der Waals surface area contributed by atoms with Gasteiger partial charge in [-0.2, -0.15) is 11.3 Å². The first-order chi connectivity index (χ1) is 12.6. The van der Waals surface area contributed by atoms with Crippen LogP contribution >= 0.6 is 11.3 Å². The fourth-order valence-electron chi connectivity index (χ4n) is 2.80. The molecular weight excluding hydrogens is 350 g/mol. The van der Waals surface area contributed by atoms with Crippen LogP contribution in [0.15, 0.2) is 47.2 Å². The summed E-state index contributed by atoms with van der Waals surface area (Å²) in [5, 5.41) is 4.07.